The molecule has 0 aliphatic heterocycles. The Hall–Kier alpha value is -2.65. The first-order valence-electron chi connectivity index (χ1n) is 8.74. The number of carbonyl (C=O) groups is 1. The molecule has 9 heteroatoms. The SMILES string of the molecule is COc1ccc(-c2nnc(SCC(=O)Nc3ccccc3SC)n2C)cc1OC. The van der Waals surface area contributed by atoms with Crippen LogP contribution in [0, 0.1) is 0 Å². The van der Waals surface area contributed by atoms with Gasteiger partial charge < -0.3 is 19.4 Å². The molecule has 0 atom stereocenters. The fourth-order valence-corrected chi connectivity index (χ4v) is 4.00. The van der Waals surface area contributed by atoms with Crippen LogP contribution in [0.15, 0.2) is 52.5 Å². The normalized spacial score (nSPS) is 10.6. The second kappa shape index (κ2) is 9.71. The third-order valence-corrected chi connectivity index (χ3v) is 6.01. The Morgan fingerprint density at radius 2 is 1.86 bits per heavy atom. The number of nitrogens with zero attached hydrogens (tertiary/aromatic N) is 3. The monoisotopic (exact) mass is 430 g/mol. The van der Waals surface area contributed by atoms with Crippen LogP contribution in [-0.4, -0.2) is 46.9 Å². The number of hydrogen-bond donors (Lipinski definition) is 1. The van der Waals surface area contributed by atoms with Gasteiger partial charge in [-0.1, -0.05) is 23.9 Å². The first kappa shape index (κ1) is 21.1. The minimum Gasteiger partial charge on any atom is -0.493 e. The Morgan fingerprint density at radius 3 is 2.59 bits per heavy atom. The van der Waals surface area contributed by atoms with Gasteiger partial charge >= 0.3 is 0 Å². The molecule has 0 fully saturated rings. The molecule has 0 bridgehead atoms. The van der Waals surface area contributed by atoms with Crippen molar-refractivity contribution in [1.82, 2.24) is 14.8 Å². The highest BCUT2D eigenvalue weighted by Crippen LogP contribution is 2.32. The molecule has 3 rings (SSSR count). The molecule has 152 valence electrons. The molecule has 1 aromatic heterocycles. The van der Waals surface area contributed by atoms with Gasteiger partial charge in [0.1, 0.15) is 0 Å². The summed E-state index contributed by atoms with van der Waals surface area (Å²) in [6.45, 7) is 0. The number of nitrogens with one attached hydrogen (secondary N) is 1. The maximum absolute atomic E-state index is 12.4. The lowest BCUT2D eigenvalue weighted by Crippen LogP contribution is -2.15. The van der Waals surface area contributed by atoms with Crippen molar-refractivity contribution in [2.75, 3.05) is 31.5 Å². The Balaban J connectivity index is 1.69. The molecule has 1 N–H and O–H groups in total. The van der Waals surface area contributed by atoms with E-state index in [1.807, 2.05) is 60.3 Å². The van der Waals surface area contributed by atoms with Crippen LogP contribution in [0.25, 0.3) is 11.4 Å². The summed E-state index contributed by atoms with van der Waals surface area (Å²) in [4.78, 5) is 13.4. The number of anilines is 1. The zero-order valence-electron chi connectivity index (χ0n) is 16.6. The summed E-state index contributed by atoms with van der Waals surface area (Å²) in [5.41, 5.74) is 1.66. The van der Waals surface area contributed by atoms with E-state index in [1.165, 1.54) is 11.8 Å². The van der Waals surface area contributed by atoms with Crippen LogP contribution >= 0.6 is 23.5 Å². The second-order valence-electron chi connectivity index (χ2n) is 5.97. The van der Waals surface area contributed by atoms with Gasteiger partial charge in [-0.3, -0.25) is 4.79 Å². The van der Waals surface area contributed by atoms with Gasteiger partial charge in [-0.15, -0.1) is 22.0 Å². The predicted octanol–water partition coefficient (Wildman–Crippen LogP) is 3.95. The molecular formula is C20H22N4O3S2. The molecule has 0 aliphatic carbocycles. The highest BCUT2D eigenvalue weighted by Gasteiger charge is 2.15. The lowest BCUT2D eigenvalue weighted by molar-refractivity contribution is -0.113. The lowest BCUT2D eigenvalue weighted by atomic mass is 10.2. The van der Waals surface area contributed by atoms with Crippen molar-refractivity contribution in [2.24, 2.45) is 7.05 Å². The molecule has 1 heterocycles. The average molecular weight is 431 g/mol. The van der Waals surface area contributed by atoms with Gasteiger partial charge in [-0.2, -0.15) is 0 Å². The van der Waals surface area contributed by atoms with Crippen molar-refractivity contribution < 1.29 is 14.3 Å². The van der Waals surface area contributed by atoms with Gasteiger partial charge in [0, 0.05) is 17.5 Å². The van der Waals surface area contributed by atoms with Gasteiger partial charge in [0.05, 0.1) is 25.7 Å². The summed E-state index contributed by atoms with van der Waals surface area (Å²) in [6.07, 6.45) is 1.98. The van der Waals surface area contributed by atoms with Crippen LogP contribution in [0.3, 0.4) is 0 Å². The molecular weight excluding hydrogens is 408 g/mol. The topological polar surface area (TPSA) is 78.3 Å². The minimum atomic E-state index is -0.0906. The number of aromatic nitrogens is 3. The summed E-state index contributed by atoms with van der Waals surface area (Å²) >= 11 is 2.93. The zero-order chi connectivity index (χ0) is 20.8. The van der Waals surface area contributed by atoms with Gasteiger partial charge in [-0.05, 0) is 36.6 Å². The fraction of sp³-hybridized carbons (Fsp3) is 0.250. The number of ether oxygens (including phenoxy) is 2. The van der Waals surface area contributed by atoms with Crippen LogP contribution in [-0.2, 0) is 11.8 Å². The molecule has 0 saturated carbocycles. The van der Waals surface area contributed by atoms with E-state index in [-0.39, 0.29) is 11.7 Å². The Labute approximate surface area is 178 Å². The molecule has 29 heavy (non-hydrogen) atoms. The van der Waals surface area contributed by atoms with Crippen LogP contribution in [0.5, 0.6) is 11.5 Å². The maximum Gasteiger partial charge on any atom is 0.234 e. The summed E-state index contributed by atoms with van der Waals surface area (Å²) in [7, 11) is 5.06. The van der Waals surface area contributed by atoms with Gasteiger partial charge in [-0.25, -0.2) is 0 Å². The average Bonchev–Trinajstić information content (AvgIpc) is 3.12. The smallest absolute Gasteiger partial charge is 0.234 e. The lowest BCUT2D eigenvalue weighted by Gasteiger charge is -2.10. The van der Waals surface area contributed by atoms with Crippen molar-refractivity contribution in [3.63, 3.8) is 0 Å². The standard InChI is InChI=1S/C20H22N4O3S2/c1-24-19(13-9-10-15(26-2)16(11-13)27-3)22-23-20(24)29-12-18(25)21-14-7-5-6-8-17(14)28-4/h5-11H,12H2,1-4H3,(H,21,25). The number of para-hydroxylation sites is 1. The highest BCUT2D eigenvalue weighted by molar-refractivity contribution is 7.99. The Morgan fingerprint density at radius 1 is 1.10 bits per heavy atom. The molecule has 1 amide bonds. The summed E-state index contributed by atoms with van der Waals surface area (Å²) < 4.78 is 12.5. The molecule has 3 aromatic rings. The Bertz CT molecular complexity index is 1010. The summed E-state index contributed by atoms with van der Waals surface area (Å²) in [5, 5.41) is 12.1. The van der Waals surface area contributed by atoms with Crippen molar-refractivity contribution >= 4 is 35.1 Å². The maximum atomic E-state index is 12.4. The number of thioether (sulfide) groups is 2. The number of hydrogen-bond acceptors (Lipinski definition) is 7. The molecule has 0 aliphatic rings. The van der Waals surface area contributed by atoms with Crippen molar-refractivity contribution in [3.8, 4) is 22.9 Å². The van der Waals surface area contributed by atoms with Crippen molar-refractivity contribution in [1.29, 1.82) is 0 Å². The number of carbonyl (C=O) groups excluding carboxylic acids is 1. The quantitative estimate of drug-likeness (QED) is 0.542. The number of benzene rings is 2. The van der Waals surface area contributed by atoms with Crippen LogP contribution in [0.4, 0.5) is 5.69 Å². The summed E-state index contributed by atoms with van der Waals surface area (Å²) in [5.74, 6) is 2.10. The van der Waals surface area contributed by atoms with Crippen molar-refractivity contribution in [3.05, 3.63) is 42.5 Å². The number of amides is 1. The second-order valence-corrected chi connectivity index (χ2v) is 7.76. The van der Waals surface area contributed by atoms with Crippen LogP contribution < -0.4 is 14.8 Å². The van der Waals surface area contributed by atoms with Gasteiger partial charge in [0.25, 0.3) is 0 Å². The van der Waals surface area contributed by atoms with E-state index in [9.17, 15) is 4.79 Å². The van der Waals surface area contributed by atoms with Gasteiger partial charge in [0.2, 0.25) is 5.91 Å². The largest absolute Gasteiger partial charge is 0.493 e. The molecule has 0 spiro atoms. The molecule has 0 radical (unpaired) electrons. The number of methoxy groups -OCH3 is 2. The predicted molar refractivity (Wildman–Crippen MR) is 117 cm³/mol. The van der Waals surface area contributed by atoms with Crippen LogP contribution in [0.2, 0.25) is 0 Å². The minimum absolute atomic E-state index is 0.0906. The first-order valence-corrected chi connectivity index (χ1v) is 11.0. The van der Waals surface area contributed by atoms with E-state index in [0.29, 0.717) is 22.5 Å². The number of rotatable bonds is 8. The van der Waals surface area contributed by atoms with Crippen LogP contribution in [0.1, 0.15) is 0 Å². The molecule has 2 aromatic carbocycles. The molecule has 7 nitrogen and oxygen atoms in total. The Kier molecular flexibility index (Phi) is 7.05. The highest BCUT2D eigenvalue weighted by atomic mass is 32.2. The van der Waals surface area contributed by atoms with E-state index in [2.05, 4.69) is 15.5 Å². The molecule has 0 unspecified atom stereocenters. The van der Waals surface area contributed by atoms with E-state index in [0.717, 1.165) is 16.1 Å². The van der Waals surface area contributed by atoms with E-state index >= 15 is 0 Å². The third-order valence-electron chi connectivity index (χ3n) is 4.19. The first-order chi connectivity index (χ1) is 14.1. The molecule has 0 saturated heterocycles. The van der Waals surface area contributed by atoms with Gasteiger partial charge in [0.15, 0.2) is 22.5 Å². The summed E-state index contributed by atoms with van der Waals surface area (Å²) in [6, 6.07) is 13.3. The zero-order valence-corrected chi connectivity index (χ0v) is 18.3. The van der Waals surface area contributed by atoms with E-state index in [4.69, 9.17) is 9.47 Å². The van der Waals surface area contributed by atoms with Crippen molar-refractivity contribution in [2.45, 2.75) is 10.1 Å². The fourth-order valence-electron chi connectivity index (χ4n) is 2.73. The van der Waals surface area contributed by atoms with E-state index in [1.54, 1.807) is 26.0 Å². The van der Waals surface area contributed by atoms with E-state index < -0.39 is 0 Å². The third kappa shape index (κ3) is 4.86.